The monoisotopic (exact) mass is 330 g/mol. The molecule has 2 aliphatic rings. The number of carbonyl (C=O) groups is 2. The molecule has 0 aromatic heterocycles. The van der Waals surface area contributed by atoms with Gasteiger partial charge in [-0.3, -0.25) is 9.59 Å². The van der Waals surface area contributed by atoms with Gasteiger partial charge < -0.3 is 14.5 Å². The summed E-state index contributed by atoms with van der Waals surface area (Å²) in [6, 6.07) is 8.01. The molecular formula is C19H26N2O3. The summed E-state index contributed by atoms with van der Waals surface area (Å²) < 4.78 is 5.36. The van der Waals surface area contributed by atoms with E-state index in [1.54, 1.807) is 12.0 Å². The summed E-state index contributed by atoms with van der Waals surface area (Å²) in [4.78, 5) is 28.9. The van der Waals surface area contributed by atoms with E-state index >= 15 is 0 Å². The maximum atomic E-state index is 12.8. The second-order valence-corrected chi connectivity index (χ2v) is 6.86. The number of likely N-dealkylation sites (tertiary alicyclic amines) is 2. The first kappa shape index (κ1) is 16.8. The van der Waals surface area contributed by atoms with Crippen LogP contribution in [0.4, 0.5) is 0 Å². The van der Waals surface area contributed by atoms with Gasteiger partial charge in [-0.05, 0) is 32.3 Å². The van der Waals surface area contributed by atoms with Crippen LogP contribution >= 0.6 is 0 Å². The second-order valence-electron chi connectivity index (χ2n) is 6.86. The lowest BCUT2D eigenvalue weighted by Crippen LogP contribution is -2.45. The Morgan fingerprint density at radius 3 is 2.83 bits per heavy atom. The molecule has 2 atom stereocenters. The van der Waals surface area contributed by atoms with Gasteiger partial charge in [0.05, 0.1) is 13.0 Å². The fourth-order valence-corrected chi connectivity index (χ4v) is 3.79. The van der Waals surface area contributed by atoms with Gasteiger partial charge in [0.15, 0.2) is 0 Å². The lowest BCUT2D eigenvalue weighted by atomic mass is 9.99. The molecular weight excluding hydrogens is 304 g/mol. The van der Waals surface area contributed by atoms with Crippen LogP contribution in [-0.4, -0.2) is 47.9 Å². The van der Waals surface area contributed by atoms with Crippen LogP contribution in [0.25, 0.3) is 0 Å². The molecule has 0 N–H and O–H groups in total. The van der Waals surface area contributed by atoms with E-state index in [-0.39, 0.29) is 17.7 Å². The third kappa shape index (κ3) is 3.40. The molecule has 0 bridgehead atoms. The van der Waals surface area contributed by atoms with Crippen molar-refractivity contribution in [2.24, 2.45) is 5.92 Å². The Morgan fingerprint density at radius 1 is 1.29 bits per heavy atom. The Kier molecular flexibility index (Phi) is 5.07. The van der Waals surface area contributed by atoms with Gasteiger partial charge in [-0.15, -0.1) is 0 Å². The average Bonchev–Trinajstić information content (AvgIpc) is 2.96. The van der Waals surface area contributed by atoms with Gasteiger partial charge in [-0.25, -0.2) is 0 Å². The normalized spacial score (nSPS) is 24.3. The third-order valence-corrected chi connectivity index (χ3v) is 5.20. The zero-order chi connectivity index (χ0) is 17.1. The Morgan fingerprint density at radius 2 is 2.08 bits per heavy atom. The predicted molar refractivity (Wildman–Crippen MR) is 91.5 cm³/mol. The zero-order valence-corrected chi connectivity index (χ0v) is 14.5. The molecule has 2 saturated heterocycles. The number of ether oxygens (including phenoxy) is 1. The van der Waals surface area contributed by atoms with Crippen LogP contribution in [0.15, 0.2) is 24.3 Å². The zero-order valence-electron chi connectivity index (χ0n) is 14.5. The molecule has 24 heavy (non-hydrogen) atoms. The van der Waals surface area contributed by atoms with Crippen LogP contribution in [0.1, 0.15) is 38.2 Å². The van der Waals surface area contributed by atoms with E-state index in [4.69, 9.17) is 4.74 Å². The van der Waals surface area contributed by atoms with Crippen molar-refractivity contribution >= 4 is 11.8 Å². The Bertz CT molecular complexity index is 616. The highest BCUT2D eigenvalue weighted by atomic mass is 16.5. The minimum atomic E-state index is -0.201. The molecule has 1 aromatic rings. The maximum absolute atomic E-state index is 12.8. The van der Waals surface area contributed by atoms with E-state index in [0.29, 0.717) is 25.6 Å². The number of benzene rings is 1. The molecule has 5 nitrogen and oxygen atoms in total. The average molecular weight is 330 g/mol. The lowest BCUT2D eigenvalue weighted by Gasteiger charge is -2.35. The number of methoxy groups -OCH3 is 1. The van der Waals surface area contributed by atoms with Crippen molar-refractivity contribution in [2.75, 3.05) is 20.2 Å². The number of piperidine rings is 1. The van der Waals surface area contributed by atoms with Crippen LogP contribution in [0.5, 0.6) is 5.75 Å². The number of para-hydroxylation sites is 1. The molecule has 0 aliphatic carbocycles. The Balaban J connectivity index is 1.66. The van der Waals surface area contributed by atoms with Crippen LogP contribution in [0.3, 0.4) is 0 Å². The number of nitrogens with zero attached hydrogens (tertiary/aromatic N) is 2. The summed E-state index contributed by atoms with van der Waals surface area (Å²) in [5, 5.41) is 0. The molecule has 5 heteroatoms. The van der Waals surface area contributed by atoms with Crippen molar-refractivity contribution in [3.05, 3.63) is 29.8 Å². The van der Waals surface area contributed by atoms with Crippen molar-refractivity contribution in [3.8, 4) is 5.75 Å². The molecule has 1 aromatic carbocycles. The molecule has 0 saturated carbocycles. The highest BCUT2D eigenvalue weighted by molar-refractivity contribution is 5.89. The summed E-state index contributed by atoms with van der Waals surface area (Å²) in [6.07, 6.45) is 3.66. The Labute approximate surface area is 143 Å². The molecule has 2 heterocycles. The molecule has 2 aliphatic heterocycles. The predicted octanol–water partition coefficient (Wildman–Crippen LogP) is 2.44. The maximum Gasteiger partial charge on any atom is 0.228 e. The van der Waals surface area contributed by atoms with Crippen molar-refractivity contribution in [2.45, 2.75) is 45.2 Å². The van der Waals surface area contributed by atoms with Crippen molar-refractivity contribution in [1.82, 2.24) is 9.80 Å². The van der Waals surface area contributed by atoms with Crippen molar-refractivity contribution in [3.63, 3.8) is 0 Å². The summed E-state index contributed by atoms with van der Waals surface area (Å²) in [6.45, 7) is 3.96. The number of amides is 2. The number of rotatable bonds is 4. The van der Waals surface area contributed by atoms with Crippen molar-refractivity contribution < 1.29 is 14.3 Å². The topological polar surface area (TPSA) is 49.9 Å². The van der Waals surface area contributed by atoms with Gasteiger partial charge >= 0.3 is 0 Å². The fourth-order valence-electron chi connectivity index (χ4n) is 3.79. The van der Waals surface area contributed by atoms with E-state index in [1.165, 1.54) is 6.42 Å². The van der Waals surface area contributed by atoms with E-state index in [1.807, 2.05) is 29.2 Å². The Hall–Kier alpha value is -2.04. The number of hydrogen-bond acceptors (Lipinski definition) is 3. The highest BCUT2D eigenvalue weighted by Gasteiger charge is 2.38. The van der Waals surface area contributed by atoms with Crippen LogP contribution in [0, 0.1) is 5.92 Å². The molecule has 2 fully saturated rings. The first-order valence-electron chi connectivity index (χ1n) is 8.80. The van der Waals surface area contributed by atoms with Crippen LogP contribution in [0.2, 0.25) is 0 Å². The van der Waals surface area contributed by atoms with Crippen molar-refractivity contribution in [1.29, 1.82) is 0 Å². The standard InChI is InChI=1S/C19H26N2O3/c1-14-7-5-6-10-21(14)19(23)16-11-18(22)20(13-16)12-15-8-3-4-9-17(15)24-2/h3-4,8-9,14,16H,5-7,10-13H2,1-2H3. The second kappa shape index (κ2) is 7.24. The summed E-state index contributed by atoms with van der Waals surface area (Å²) in [5.74, 6) is 0.791. The number of carbonyl (C=O) groups excluding carboxylic acids is 2. The van der Waals surface area contributed by atoms with Gasteiger partial charge in [0, 0.05) is 37.7 Å². The van der Waals surface area contributed by atoms with Gasteiger partial charge in [0.25, 0.3) is 0 Å². The summed E-state index contributed by atoms with van der Waals surface area (Å²) >= 11 is 0. The van der Waals surface area contributed by atoms with Gasteiger partial charge in [-0.1, -0.05) is 18.2 Å². The molecule has 130 valence electrons. The minimum Gasteiger partial charge on any atom is -0.496 e. The van der Waals surface area contributed by atoms with E-state index in [9.17, 15) is 9.59 Å². The van der Waals surface area contributed by atoms with E-state index in [2.05, 4.69) is 6.92 Å². The van der Waals surface area contributed by atoms with Gasteiger partial charge in [0.2, 0.25) is 11.8 Å². The first-order valence-corrected chi connectivity index (χ1v) is 8.80. The summed E-state index contributed by atoms with van der Waals surface area (Å²) in [7, 11) is 1.63. The molecule has 0 spiro atoms. The molecule has 2 amide bonds. The van der Waals surface area contributed by atoms with E-state index < -0.39 is 0 Å². The molecule has 2 unspecified atom stereocenters. The van der Waals surface area contributed by atoms with Crippen LogP contribution in [-0.2, 0) is 16.1 Å². The number of hydrogen-bond donors (Lipinski definition) is 0. The minimum absolute atomic E-state index is 0.0592. The molecule has 3 rings (SSSR count). The highest BCUT2D eigenvalue weighted by Crippen LogP contribution is 2.27. The fraction of sp³-hybridized carbons (Fsp3) is 0.579. The molecule has 0 radical (unpaired) electrons. The quantitative estimate of drug-likeness (QED) is 0.852. The van der Waals surface area contributed by atoms with Gasteiger partial charge in [0.1, 0.15) is 5.75 Å². The van der Waals surface area contributed by atoms with Gasteiger partial charge in [-0.2, -0.15) is 0 Å². The third-order valence-electron chi connectivity index (χ3n) is 5.20. The SMILES string of the molecule is COc1ccccc1CN1CC(C(=O)N2CCCCC2C)CC1=O. The smallest absolute Gasteiger partial charge is 0.228 e. The first-order chi connectivity index (χ1) is 11.6. The van der Waals surface area contributed by atoms with E-state index in [0.717, 1.165) is 30.7 Å². The van der Waals surface area contributed by atoms with Crippen LogP contribution < -0.4 is 4.74 Å². The largest absolute Gasteiger partial charge is 0.496 e. The lowest BCUT2D eigenvalue weighted by molar-refractivity contribution is -0.139. The summed E-state index contributed by atoms with van der Waals surface area (Å²) in [5.41, 5.74) is 0.979.